The maximum absolute atomic E-state index is 13.0. The van der Waals surface area contributed by atoms with E-state index in [1.165, 1.54) is 24.8 Å². The Morgan fingerprint density at radius 2 is 1.95 bits per heavy atom. The molecule has 2 nitrogen and oxygen atoms in total. The lowest BCUT2D eigenvalue weighted by Gasteiger charge is -2.44. The van der Waals surface area contributed by atoms with Crippen LogP contribution in [0.1, 0.15) is 66.7 Å². The SMILES string of the molecule is C/C1=C/C(=O)[C@@]23O[C@]2(C)CC[C@H]3[C@@]2(C)CC[C@H](C(C)C)[C@H]2C1. The maximum atomic E-state index is 13.0. The highest BCUT2D eigenvalue weighted by atomic mass is 16.6. The van der Waals surface area contributed by atoms with Gasteiger partial charge in [0.1, 0.15) is 5.60 Å². The maximum Gasteiger partial charge on any atom is 0.190 e. The summed E-state index contributed by atoms with van der Waals surface area (Å²) in [6, 6.07) is 0. The van der Waals surface area contributed by atoms with Gasteiger partial charge in [-0.1, -0.05) is 26.3 Å². The minimum Gasteiger partial charge on any atom is -0.354 e. The van der Waals surface area contributed by atoms with Crippen molar-refractivity contribution in [1.82, 2.24) is 0 Å². The number of allylic oxidation sites excluding steroid dienone is 1. The molecule has 2 heteroatoms. The number of carbonyl (C=O) groups is 1. The van der Waals surface area contributed by atoms with Gasteiger partial charge in [0.2, 0.25) is 0 Å². The summed E-state index contributed by atoms with van der Waals surface area (Å²) in [5, 5.41) is 0. The van der Waals surface area contributed by atoms with E-state index in [0.717, 1.165) is 24.7 Å². The van der Waals surface area contributed by atoms with Crippen LogP contribution in [0.2, 0.25) is 0 Å². The highest BCUT2D eigenvalue weighted by Crippen LogP contribution is 2.72. The molecule has 1 spiro atoms. The molecule has 1 saturated heterocycles. The van der Waals surface area contributed by atoms with Crippen LogP contribution in [0.15, 0.2) is 11.6 Å². The van der Waals surface area contributed by atoms with Crippen molar-refractivity contribution in [3.05, 3.63) is 11.6 Å². The first-order valence-electron chi connectivity index (χ1n) is 9.16. The van der Waals surface area contributed by atoms with Crippen LogP contribution in [0, 0.1) is 29.1 Å². The van der Waals surface area contributed by atoms with Gasteiger partial charge in [0.15, 0.2) is 11.4 Å². The van der Waals surface area contributed by atoms with Crippen molar-refractivity contribution in [2.24, 2.45) is 29.1 Å². The first-order chi connectivity index (χ1) is 10.2. The zero-order valence-corrected chi connectivity index (χ0v) is 14.7. The van der Waals surface area contributed by atoms with Gasteiger partial charge in [0, 0.05) is 5.92 Å². The van der Waals surface area contributed by atoms with Crippen LogP contribution in [0.5, 0.6) is 0 Å². The van der Waals surface area contributed by atoms with Crippen LogP contribution in [-0.2, 0) is 9.53 Å². The molecular weight excluding hydrogens is 272 g/mol. The highest BCUT2D eigenvalue weighted by molar-refractivity contribution is 6.02. The van der Waals surface area contributed by atoms with Gasteiger partial charge in [-0.15, -0.1) is 0 Å². The minimum atomic E-state index is -0.479. The average Bonchev–Trinajstić information content (AvgIpc) is 2.74. The number of hydrogen-bond acceptors (Lipinski definition) is 2. The smallest absolute Gasteiger partial charge is 0.190 e. The van der Waals surface area contributed by atoms with Crippen molar-refractivity contribution < 1.29 is 9.53 Å². The van der Waals surface area contributed by atoms with Crippen molar-refractivity contribution in [3.8, 4) is 0 Å². The van der Waals surface area contributed by atoms with Crippen LogP contribution in [-0.4, -0.2) is 17.0 Å². The summed E-state index contributed by atoms with van der Waals surface area (Å²) in [5.74, 6) is 2.94. The topological polar surface area (TPSA) is 29.6 Å². The predicted molar refractivity (Wildman–Crippen MR) is 87.5 cm³/mol. The Balaban J connectivity index is 1.83. The van der Waals surface area contributed by atoms with Crippen LogP contribution in [0.25, 0.3) is 0 Å². The second kappa shape index (κ2) is 4.26. The van der Waals surface area contributed by atoms with Gasteiger partial charge in [0.25, 0.3) is 0 Å². The molecule has 122 valence electrons. The Labute approximate surface area is 134 Å². The van der Waals surface area contributed by atoms with Crippen molar-refractivity contribution in [1.29, 1.82) is 0 Å². The molecule has 0 aromatic heterocycles. The van der Waals surface area contributed by atoms with Gasteiger partial charge in [-0.05, 0) is 75.2 Å². The lowest BCUT2D eigenvalue weighted by Crippen LogP contribution is -2.46. The average molecular weight is 302 g/mol. The van der Waals surface area contributed by atoms with E-state index in [4.69, 9.17) is 4.74 Å². The summed E-state index contributed by atoms with van der Waals surface area (Å²) >= 11 is 0. The Morgan fingerprint density at radius 3 is 2.59 bits per heavy atom. The molecule has 1 heterocycles. The Bertz CT molecular complexity index is 562. The van der Waals surface area contributed by atoms with E-state index in [-0.39, 0.29) is 16.8 Å². The van der Waals surface area contributed by atoms with Gasteiger partial charge >= 0.3 is 0 Å². The first kappa shape index (κ1) is 14.9. The van der Waals surface area contributed by atoms with Gasteiger partial charge in [0.05, 0.1) is 0 Å². The third-order valence-electron chi connectivity index (χ3n) is 7.85. The highest BCUT2D eigenvalue weighted by Gasteiger charge is 2.80. The van der Waals surface area contributed by atoms with Crippen molar-refractivity contribution >= 4 is 5.78 Å². The third kappa shape index (κ3) is 1.58. The van der Waals surface area contributed by atoms with Crippen LogP contribution in [0.3, 0.4) is 0 Å². The lowest BCUT2D eigenvalue weighted by atomic mass is 9.59. The van der Waals surface area contributed by atoms with E-state index >= 15 is 0 Å². The monoisotopic (exact) mass is 302 g/mol. The Hall–Kier alpha value is -0.630. The molecule has 0 N–H and O–H groups in total. The molecule has 3 fully saturated rings. The minimum absolute atomic E-state index is 0.174. The number of ketones is 1. The van der Waals surface area contributed by atoms with E-state index in [1.54, 1.807) is 0 Å². The second-order valence-electron chi connectivity index (χ2n) is 9.28. The molecule has 6 atom stereocenters. The number of epoxide rings is 1. The summed E-state index contributed by atoms with van der Waals surface area (Å²) in [6.07, 6.45) is 7.86. The fourth-order valence-electron chi connectivity index (χ4n) is 6.61. The Kier molecular flexibility index (Phi) is 2.89. The number of rotatable bonds is 1. The van der Waals surface area contributed by atoms with Crippen LogP contribution in [0.4, 0.5) is 0 Å². The molecule has 1 aliphatic heterocycles. The fourth-order valence-corrected chi connectivity index (χ4v) is 6.61. The summed E-state index contributed by atoms with van der Waals surface area (Å²) in [4.78, 5) is 13.0. The molecule has 0 bridgehead atoms. The van der Waals surface area contributed by atoms with Gasteiger partial charge in [-0.2, -0.15) is 0 Å². The number of hydrogen-bond donors (Lipinski definition) is 0. The Morgan fingerprint density at radius 1 is 1.23 bits per heavy atom. The number of carbonyl (C=O) groups excluding carboxylic acids is 1. The van der Waals surface area contributed by atoms with Crippen LogP contribution >= 0.6 is 0 Å². The van der Waals surface area contributed by atoms with Gasteiger partial charge < -0.3 is 4.74 Å². The summed E-state index contributed by atoms with van der Waals surface area (Å²) < 4.78 is 6.20. The van der Waals surface area contributed by atoms with E-state index in [9.17, 15) is 4.79 Å². The molecule has 22 heavy (non-hydrogen) atoms. The molecule has 0 unspecified atom stereocenters. The fraction of sp³-hybridized carbons (Fsp3) is 0.850. The normalized spacial score (nSPS) is 55.8. The molecule has 3 aliphatic carbocycles. The number of fused-ring (bicyclic) bond motifs is 2. The quantitative estimate of drug-likeness (QED) is 0.666. The van der Waals surface area contributed by atoms with Crippen molar-refractivity contribution in [2.75, 3.05) is 0 Å². The summed E-state index contributed by atoms with van der Waals surface area (Å²) in [7, 11) is 0. The van der Waals surface area contributed by atoms with Crippen molar-refractivity contribution in [3.63, 3.8) is 0 Å². The van der Waals surface area contributed by atoms with Gasteiger partial charge in [-0.25, -0.2) is 0 Å². The van der Waals surface area contributed by atoms with E-state index < -0.39 is 5.60 Å². The summed E-state index contributed by atoms with van der Waals surface area (Å²) in [6.45, 7) is 11.6. The van der Waals surface area contributed by atoms with E-state index in [1.807, 2.05) is 6.08 Å². The predicted octanol–water partition coefficient (Wildman–Crippen LogP) is 4.53. The van der Waals surface area contributed by atoms with Crippen LogP contribution < -0.4 is 0 Å². The molecule has 4 aliphatic rings. The molecule has 0 radical (unpaired) electrons. The standard InChI is InChI=1S/C20H30O2/c1-12(2)14-6-8-18(4)15(14)10-13(3)11-17(21)20-16(18)7-9-19(20,5)22-20/h11-12,14-16H,6-10H2,1-5H3/b13-11-/t14-,15-,16+,18+,19-,20-/m1/s1. The molecule has 0 amide bonds. The lowest BCUT2D eigenvalue weighted by molar-refractivity contribution is -0.124. The molecule has 4 rings (SSSR count). The molecular formula is C20H30O2. The van der Waals surface area contributed by atoms with E-state index in [0.29, 0.717) is 11.8 Å². The van der Waals surface area contributed by atoms with E-state index in [2.05, 4.69) is 34.6 Å². The molecule has 0 aromatic carbocycles. The van der Waals surface area contributed by atoms with Crippen molar-refractivity contribution in [2.45, 2.75) is 77.9 Å². The third-order valence-corrected chi connectivity index (χ3v) is 7.85. The molecule has 0 aromatic rings. The second-order valence-corrected chi connectivity index (χ2v) is 9.28. The van der Waals surface area contributed by atoms with Gasteiger partial charge in [-0.3, -0.25) is 4.79 Å². The summed E-state index contributed by atoms with van der Waals surface area (Å²) in [5.41, 5.74) is 0.889. The number of ether oxygens (including phenoxy) is 1. The first-order valence-corrected chi connectivity index (χ1v) is 9.16. The molecule has 2 saturated carbocycles. The zero-order valence-electron chi connectivity index (χ0n) is 14.7. The largest absolute Gasteiger partial charge is 0.354 e. The zero-order chi connectivity index (χ0) is 15.9.